The average molecular weight is 197 g/mol. The summed E-state index contributed by atoms with van der Waals surface area (Å²) >= 11 is 0. The van der Waals surface area contributed by atoms with Crippen molar-refractivity contribution >= 4 is 12.0 Å². The Balaban J connectivity index is 2.98. The minimum absolute atomic E-state index is 0.366. The summed E-state index contributed by atoms with van der Waals surface area (Å²) in [5, 5.41) is 0. The second-order valence-corrected chi connectivity index (χ2v) is 2.84. The van der Waals surface area contributed by atoms with Crippen LogP contribution < -0.4 is 11.4 Å². The van der Waals surface area contributed by atoms with Gasteiger partial charge in [0.15, 0.2) is 11.6 Å². The molecule has 2 N–H and O–H groups in total. The number of nitrogen functional groups attached to an aromatic ring is 1. The van der Waals surface area contributed by atoms with Gasteiger partial charge in [0.1, 0.15) is 0 Å². The number of rotatable bonds is 3. The number of anilines is 1. The quantitative estimate of drug-likeness (QED) is 0.792. The lowest BCUT2D eigenvalue weighted by Crippen LogP contribution is -2.20. The lowest BCUT2D eigenvalue weighted by atomic mass is 10.3. The zero-order chi connectivity index (χ0) is 10.6. The van der Waals surface area contributed by atoms with E-state index in [1.165, 1.54) is 6.20 Å². The molecule has 1 heterocycles. The number of allylic oxidation sites excluding steroid dienone is 1. The first-order chi connectivity index (χ1) is 6.65. The van der Waals surface area contributed by atoms with Crippen LogP contribution >= 0.6 is 0 Å². The minimum Gasteiger partial charge on any atom is -0.381 e. The third-order valence-electron chi connectivity index (χ3n) is 1.66. The molecule has 0 unspecified atom stereocenters. The Labute approximate surface area is 80.9 Å². The molecule has 0 aromatic carbocycles. The molecule has 0 spiro atoms. The number of aromatic nitrogens is 2. The van der Waals surface area contributed by atoms with Crippen molar-refractivity contribution < 1.29 is 4.39 Å². The van der Waals surface area contributed by atoms with E-state index in [1.54, 1.807) is 6.08 Å². The molecule has 0 radical (unpaired) electrons. The molecule has 4 nitrogen and oxygen atoms in total. The lowest BCUT2D eigenvalue weighted by Gasteiger charge is -1.99. The van der Waals surface area contributed by atoms with Gasteiger partial charge in [0.2, 0.25) is 0 Å². The van der Waals surface area contributed by atoms with Crippen LogP contribution in [0.3, 0.4) is 0 Å². The van der Waals surface area contributed by atoms with Crippen molar-refractivity contribution in [2.24, 2.45) is 0 Å². The monoisotopic (exact) mass is 197 g/mol. The first kappa shape index (κ1) is 10.4. The SMILES string of the molecule is CCC/C=C/n1cc(F)c(N)nc1=O. The van der Waals surface area contributed by atoms with Crippen LogP contribution in [0.25, 0.3) is 6.20 Å². The van der Waals surface area contributed by atoms with Crippen molar-refractivity contribution in [1.29, 1.82) is 0 Å². The van der Waals surface area contributed by atoms with E-state index in [9.17, 15) is 9.18 Å². The number of hydrogen-bond donors (Lipinski definition) is 1. The maximum absolute atomic E-state index is 12.9. The van der Waals surface area contributed by atoms with Crippen molar-refractivity contribution in [2.45, 2.75) is 19.8 Å². The molecule has 14 heavy (non-hydrogen) atoms. The van der Waals surface area contributed by atoms with Gasteiger partial charge in [-0.3, -0.25) is 4.57 Å². The van der Waals surface area contributed by atoms with E-state index >= 15 is 0 Å². The molecule has 1 aromatic heterocycles. The van der Waals surface area contributed by atoms with Crippen LogP contribution in [0.15, 0.2) is 17.1 Å². The van der Waals surface area contributed by atoms with Crippen LogP contribution in [0.5, 0.6) is 0 Å². The zero-order valence-electron chi connectivity index (χ0n) is 7.90. The lowest BCUT2D eigenvalue weighted by molar-refractivity contribution is 0.610. The van der Waals surface area contributed by atoms with Gasteiger partial charge in [-0.2, -0.15) is 4.98 Å². The molecule has 0 aliphatic rings. The summed E-state index contributed by atoms with van der Waals surface area (Å²) in [6.45, 7) is 2.01. The summed E-state index contributed by atoms with van der Waals surface area (Å²) in [6.07, 6.45) is 6.09. The second kappa shape index (κ2) is 4.55. The van der Waals surface area contributed by atoms with Crippen molar-refractivity contribution in [2.75, 3.05) is 5.73 Å². The van der Waals surface area contributed by atoms with E-state index in [0.717, 1.165) is 23.6 Å². The van der Waals surface area contributed by atoms with E-state index in [0.29, 0.717) is 0 Å². The van der Waals surface area contributed by atoms with Gasteiger partial charge in [0, 0.05) is 6.20 Å². The highest BCUT2D eigenvalue weighted by molar-refractivity contribution is 5.30. The number of unbranched alkanes of at least 4 members (excludes halogenated alkanes) is 1. The molecule has 1 aromatic rings. The standard InChI is InChI=1S/C9H12FN3O/c1-2-3-4-5-13-6-7(10)8(11)12-9(13)14/h4-6H,2-3H2,1H3,(H2,11,12,14)/b5-4+. The Morgan fingerprint density at radius 2 is 2.43 bits per heavy atom. The normalized spacial score (nSPS) is 11.0. The number of halogens is 1. The van der Waals surface area contributed by atoms with Gasteiger partial charge in [0.05, 0.1) is 6.20 Å². The molecule has 0 saturated carbocycles. The molecule has 76 valence electrons. The maximum Gasteiger partial charge on any atom is 0.353 e. The molecule has 0 fully saturated rings. The van der Waals surface area contributed by atoms with Crippen LogP contribution in [-0.2, 0) is 0 Å². The third-order valence-corrected chi connectivity index (χ3v) is 1.66. The molecule has 0 bridgehead atoms. The Kier molecular flexibility index (Phi) is 3.39. The Bertz CT molecular complexity index is 398. The molecule has 5 heteroatoms. The number of nitrogens with two attached hydrogens (primary N) is 1. The summed E-state index contributed by atoms with van der Waals surface area (Å²) in [7, 11) is 0. The van der Waals surface area contributed by atoms with Crippen LogP contribution in [0.2, 0.25) is 0 Å². The summed E-state index contributed by atoms with van der Waals surface area (Å²) in [5.74, 6) is -1.05. The largest absolute Gasteiger partial charge is 0.381 e. The predicted octanol–water partition coefficient (Wildman–Crippen LogP) is 1.24. The fraction of sp³-hybridized carbons (Fsp3) is 0.333. The zero-order valence-corrected chi connectivity index (χ0v) is 7.90. The molecule has 0 aliphatic carbocycles. The fourth-order valence-electron chi connectivity index (χ4n) is 0.919. The summed E-state index contributed by atoms with van der Waals surface area (Å²) in [4.78, 5) is 14.5. The Morgan fingerprint density at radius 3 is 3.07 bits per heavy atom. The summed E-state index contributed by atoms with van der Waals surface area (Å²) in [5.41, 5.74) is 4.55. The number of hydrogen-bond acceptors (Lipinski definition) is 3. The maximum atomic E-state index is 12.9. The van der Waals surface area contributed by atoms with Crippen molar-refractivity contribution in [3.05, 3.63) is 28.6 Å². The average Bonchev–Trinajstić information content (AvgIpc) is 2.14. The third kappa shape index (κ3) is 2.42. The minimum atomic E-state index is -0.689. The van der Waals surface area contributed by atoms with Crippen molar-refractivity contribution in [1.82, 2.24) is 9.55 Å². The van der Waals surface area contributed by atoms with Crippen LogP contribution in [0, 0.1) is 5.82 Å². The summed E-state index contributed by atoms with van der Waals surface area (Å²) < 4.78 is 14.0. The van der Waals surface area contributed by atoms with Gasteiger partial charge in [0.25, 0.3) is 0 Å². The first-order valence-corrected chi connectivity index (χ1v) is 4.36. The van der Waals surface area contributed by atoms with Gasteiger partial charge in [-0.1, -0.05) is 19.4 Å². The molecule has 0 aliphatic heterocycles. The Morgan fingerprint density at radius 1 is 1.71 bits per heavy atom. The highest BCUT2D eigenvalue weighted by atomic mass is 19.1. The van der Waals surface area contributed by atoms with E-state index in [4.69, 9.17) is 5.73 Å². The van der Waals surface area contributed by atoms with Gasteiger partial charge >= 0.3 is 5.69 Å². The highest BCUT2D eigenvalue weighted by Crippen LogP contribution is 2.01. The van der Waals surface area contributed by atoms with E-state index < -0.39 is 11.5 Å². The first-order valence-electron chi connectivity index (χ1n) is 4.36. The molecular weight excluding hydrogens is 185 g/mol. The van der Waals surface area contributed by atoms with E-state index in [-0.39, 0.29) is 5.82 Å². The van der Waals surface area contributed by atoms with E-state index in [2.05, 4.69) is 4.98 Å². The fourth-order valence-corrected chi connectivity index (χ4v) is 0.919. The molecular formula is C9H12FN3O. The second-order valence-electron chi connectivity index (χ2n) is 2.84. The van der Waals surface area contributed by atoms with Crippen molar-refractivity contribution in [3.63, 3.8) is 0 Å². The van der Waals surface area contributed by atoms with E-state index in [1.807, 2.05) is 6.92 Å². The predicted molar refractivity (Wildman–Crippen MR) is 53.1 cm³/mol. The smallest absolute Gasteiger partial charge is 0.353 e. The number of nitrogens with zero attached hydrogens (tertiary/aromatic N) is 2. The molecule has 0 atom stereocenters. The van der Waals surface area contributed by atoms with Gasteiger partial charge in [-0.25, -0.2) is 9.18 Å². The Hall–Kier alpha value is -1.65. The molecule has 0 saturated heterocycles. The van der Waals surface area contributed by atoms with Crippen LogP contribution in [0.1, 0.15) is 19.8 Å². The summed E-state index contributed by atoms with van der Waals surface area (Å²) in [6, 6.07) is 0. The van der Waals surface area contributed by atoms with Crippen molar-refractivity contribution in [3.8, 4) is 0 Å². The van der Waals surface area contributed by atoms with Crippen LogP contribution in [0.4, 0.5) is 10.2 Å². The highest BCUT2D eigenvalue weighted by Gasteiger charge is 2.01. The topological polar surface area (TPSA) is 60.9 Å². The van der Waals surface area contributed by atoms with Gasteiger partial charge < -0.3 is 5.73 Å². The molecule has 1 rings (SSSR count). The van der Waals surface area contributed by atoms with Crippen LogP contribution in [-0.4, -0.2) is 9.55 Å². The molecule has 0 amide bonds. The van der Waals surface area contributed by atoms with Gasteiger partial charge in [-0.05, 0) is 6.42 Å². The van der Waals surface area contributed by atoms with Gasteiger partial charge in [-0.15, -0.1) is 0 Å².